The molecule has 1 aliphatic heterocycles. The summed E-state index contributed by atoms with van der Waals surface area (Å²) in [6, 6.07) is 5.92. The zero-order valence-corrected chi connectivity index (χ0v) is 11.2. The Morgan fingerprint density at radius 1 is 1.44 bits per heavy atom. The first-order valence-corrected chi connectivity index (χ1v) is 6.21. The summed E-state index contributed by atoms with van der Waals surface area (Å²) in [6.07, 6.45) is 1.18. The van der Waals surface area contributed by atoms with Crippen molar-refractivity contribution in [3.63, 3.8) is 0 Å². The quantitative estimate of drug-likeness (QED) is 0.867. The van der Waals surface area contributed by atoms with Crippen LogP contribution in [-0.4, -0.2) is 25.1 Å². The average molecular weight is 248 g/mol. The number of benzene rings is 1. The van der Waals surface area contributed by atoms with Gasteiger partial charge in [-0.2, -0.15) is 0 Å². The van der Waals surface area contributed by atoms with Gasteiger partial charge in [-0.1, -0.05) is 6.07 Å². The Bertz CT molecular complexity index is 469. The lowest BCUT2D eigenvalue weighted by Gasteiger charge is -2.23. The third-order valence-electron chi connectivity index (χ3n) is 3.16. The summed E-state index contributed by atoms with van der Waals surface area (Å²) >= 11 is 0. The predicted molar refractivity (Wildman–Crippen MR) is 71.9 cm³/mol. The molecule has 1 heterocycles. The van der Waals surface area contributed by atoms with Crippen molar-refractivity contribution in [2.24, 2.45) is 5.73 Å². The van der Waals surface area contributed by atoms with E-state index < -0.39 is 5.60 Å². The van der Waals surface area contributed by atoms with Crippen molar-refractivity contribution in [3.8, 4) is 5.75 Å². The van der Waals surface area contributed by atoms with E-state index in [1.54, 1.807) is 11.9 Å². The summed E-state index contributed by atoms with van der Waals surface area (Å²) in [6.45, 7) is 4.46. The first-order valence-electron chi connectivity index (χ1n) is 6.21. The van der Waals surface area contributed by atoms with E-state index in [0.29, 0.717) is 13.0 Å². The Labute approximate surface area is 108 Å². The highest BCUT2D eigenvalue weighted by Crippen LogP contribution is 2.36. The number of rotatable bonds is 2. The van der Waals surface area contributed by atoms with E-state index in [1.165, 1.54) is 0 Å². The van der Waals surface area contributed by atoms with Crippen LogP contribution in [0.3, 0.4) is 0 Å². The van der Waals surface area contributed by atoms with E-state index >= 15 is 0 Å². The van der Waals surface area contributed by atoms with Crippen LogP contribution in [0.2, 0.25) is 0 Å². The van der Waals surface area contributed by atoms with E-state index in [-0.39, 0.29) is 5.91 Å². The van der Waals surface area contributed by atoms with Gasteiger partial charge in [-0.05, 0) is 44.5 Å². The fourth-order valence-electron chi connectivity index (χ4n) is 2.18. The first kappa shape index (κ1) is 12.9. The molecule has 0 atom stereocenters. The van der Waals surface area contributed by atoms with Gasteiger partial charge in [-0.3, -0.25) is 4.79 Å². The number of amides is 1. The Balaban J connectivity index is 2.44. The van der Waals surface area contributed by atoms with Crippen LogP contribution in [0.1, 0.15) is 25.8 Å². The largest absolute Gasteiger partial charge is 0.485 e. The van der Waals surface area contributed by atoms with Gasteiger partial charge in [-0.25, -0.2) is 0 Å². The second-order valence-electron chi connectivity index (χ2n) is 5.33. The zero-order chi connectivity index (χ0) is 13.3. The van der Waals surface area contributed by atoms with Gasteiger partial charge >= 0.3 is 0 Å². The van der Waals surface area contributed by atoms with Crippen molar-refractivity contribution in [2.75, 3.05) is 18.5 Å². The summed E-state index contributed by atoms with van der Waals surface area (Å²) in [5.41, 5.74) is 7.05. The molecule has 1 aromatic rings. The third-order valence-corrected chi connectivity index (χ3v) is 3.16. The SMILES string of the molecule is CN1C(=O)CC(C)(C)Oc2ccc(CCN)cc21. The molecule has 18 heavy (non-hydrogen) atoms. The fourth-order valence-corrected chi connectivity index (χ4v) is 2.18. The van der Waals surface area contributed by atoms with Crippen LogP contribution in [0.15, 0.2) is 18.2 Å². The Morgan fingerprint density at radius 2 is 2.17 bits per heavy atom. The summed E-state index contributed by atoms with van der Waals surface area (Å²) in [5, 5.41) is 0. The molecule has 1 aliphatic rings. The Hall–Kier alpha value is -1.55. The molecule has 4 heteroatoms. The molecule has 1 aromatic carbocycles. The molecule has 0 saturated heterocycles. The summed E-state index contributed by atoms with van der Waals surface area (Å²) in [5.74, 6) is 0.831. The van der Waals surface area contributed by atoms with E-state index in [0.717, 1.165) is 23.4 Å². The van der Waals surface area contributed by atoms with Crippen LogP contribution in [0, 0.1) is 0 Å². The first-order chi connectivity index (χ1) is 8.43. The second kappa shape index (κ2) is 4.61. The topological polar surface area (TPSA) is 55.6 Å². The maximum atomic E-state index is 12.1. The van der Waals surface area contributed by atoms with Crippen molar-refractivity contribution < 1.29 is 9.53 Å². The number of anilines is 1. The molecule has 0 fully saturated rings. The molecule has 98 valence electrons. The van der Waals surface area contributed by atoms with Gasteiger partial charge < -0.3 is 15.4 Å². The predicted octanol–water partition coefficient (Wildman–Crippen LogP) is 1.71. The molecule has 0 bridgehead atoms. The summed E-state index contributed by atoms with van der Waals surface area (Å²) in [4.78, 5) is 13.8. The van der Waals surface area contributed by atoms with Crippen LogP contribution in [-0.2, 0) is 11.2 Å². The lowest BCUT2D eigenvalue weighted by Crippen LogP contribution is -2.34. The molecule has 0 spiro atoms. The number of nitrogens with two attached hydrogens (primary N) is 1. The summed E-state index contributed by atoms with van der Waals surface area (Å²) in [7, 11) is 1.79. The number of hydrogen-bond acceptors (Lipinski definition) is 3. The Morgan fingerprint density at radius 3 is 2.83 bits per heavy atom. The average Bonchev–Trinajstić information content (AvgIpc) is 2.36. The fraction of sp³-hybridized carbons (Fsp3) is 0.500. The number of ether oxygens (including phenoxy) is 1. The molecule has 0 radical (unpaired) electrons. The van der Waals surface area contributed by atoms with Gasteiger partial charge in [0.2, 0.25) is 5.91 Å². The van der Waals surface area contributed by atoms with Crippen LogP contribution in [0.25, 0.3) is 0 Å². The molecular weight excluding hydrogens is 228 g/mol. The number of fused-ring (bicyclic) bond motifs is 1. The van der Waals surface area contributed by atoms with Gasteiger partial charge in [0.05, 0.1) is 12.1 Å². The zero-order valence-electron chi connectivity index (χ0n) is 11.2. The Kier molecular flexibility index (Phi) is 3.30. The van der Waals surface area contributed by atoms with Gasteiger partial charge in [0.1, 0.15) is 11.4 Å². The third kappa shape index (κ3) is 2.48. The van der Waals surface area contributed by atoms with Crippen LogP contribution in [0.4, 0.5) is 5.69 Å². The lowest BCUT2D eigenvalue weighted by molar-refractivity contribution is -0.120. The highest BCUT2D eigenvalue weighted by Gasteiger charge is 2.32. The second-order valence-corrected chi connectivity index (χ2v) is 5.33. The van der Waals surface area contributed by atoms with Crippen molar-refractivity contribution in [2.45, 2.75) is 32.3 Å². The van der Waals surface area contributed by atoms with Gasteiger partial charge in [0, 0.05) is 7.05 Å². The molecule has 1 amide bonds. The molecular formula is C14H20N2O2. The van der Waals surface area contributed by atoms with Gasteiger partial charge in [0.25, 0.3) is 0 Å². The molecule has 0 saturated carbocycles. The van der Waals surface area contributed by atoms with Crippen LogP contribution in [0.5, 0.6) is 5.75 Å². The van der Waals surface area contributed by atoms with Crippen molar-refractivity contribution in [1.82, 2.24) is 0 Å². The maximum Gasteiger partial charge on any atom is 0.230 e. The normalized spacial score (nSPS) is 18.0. The van der Waals surface area contributed by atoms with Gasteiger partial charge in [-0.15, -0.1) is 0 Å². The van der Waals surface area contributed by atoms with Gasteiger partial charge in [0.15, 0.2) is 0 Å². The smallest absolute Gasteiger partial charge is 0.230 e. The van der Waals surface area contributed by atoms with Crippen molar-refractivity contribution in [1.29, 1.82) is 0 Å². The lowest BCUT2D eigenvalue weighted by atomic mass is 10.1. The van der Waals surface area contributed by atoms with Crippen molar-refractivity contribution >= 4 is 11.6 Å². The standard InChI is InChI=1S/C14H20N2O2/c1-14(2)9-13(17)16(3)11-8-10(6-7-15)4-5-12(11)18-14/h4-5,8H,6-7,9,15H2,1-3H3. The van der Waals surface area contributed by atoms with E-state index in [1.807, 2.05) is 32.0 Å². The number of carbonyl (C=O) groups is 1. The van der Waals surface area contributed by atoms with Crippen LogP contribution < -0.4 is 15.4 Å². The minimum atomic E-state index is -0.466. The number of carbonyl (C=O) groups excluding carboxylic acids is 1. The molecule has 0 aliphatic carbocycles. The summed E-state index contributed by atoms with van der Waals surface area (Å²) < 4.78 is 5.92. The van der Waals surface area contributed by atoms with E-state index in [4.69, 9.17) is 10.5 Å². The number of nitrogens with zero attached hydrogens (tertiary/aromatic N) is 1. The molecule has 0 aromatic heterocycles. The number of hydrogen-bond donors (Lipinski definition) is 1. The molecule has 0 unspecified atom stereocenters. The van der Waals surface area contributed by atoms with E-state index in [2.05, 4.69) is 0 Å². The monoisotopic (exact) mass is 248 g/mol. The highest BCUT2D eigenvalue weighted by atomic mass is 16.5. The minimum Gasteiger partial charge on any atom is -0.485 e. The molecule has 2 rings (SSSR count). The van der Waals surface area contributed by atoms with Crippen molar-refractivity contribution in [3.05, 3.63) is 23.8 Å². The van der Waals surface area contributed by atoms with Crippen LogP contribution >= 0.6 is 0 Å². The maximum absolute atomic E-state index is 12.1. The van der Waals surface area contributed by atoms with E-state index in [9.17, 15) is 4.79 Å². The minimum absolute atomic E-state index is 0.0728. The highest BCUT2D eigenvalue weighted by molar-refractivity contribution is 5.95. The molecule has 4 nitrogen and oxygen atoms in total. The molecule has 2 N–H and O–H groups in total.